The highest BCUT2D eigenvalue weighted by Gasteiger charge is 2.26. The van der Waals surface area contributed by atoms with Gasteiger partial charge in [-0.05, 0) is 18.9 Å². The molecule has 1 unspecified atom stereocenters. The molecule has 24 heavy (non-hydrogen) atoms. The van der Waals surface area contributed by atoms with E-state index in [9.17, 15) is 14.7 Å². The second-order valence-corrected chi connectivity index (χ2v) is 5.78. The molecule has 1 aromatic heterocycles. The molecule has 1 amide bonds. The molecule has 2 rings (SSSR count). The Labute approximate surface area is 141 Å². The monoisotopic (exact) mass is 329 g/mol. The average molecular weight is 329 g/mol. The van der Waals surface area contributed by atoms with E-state index >= 15 is 0 Å². The second-order valence-electron chi connectivity index (χ2n) is 5.78. The Balaban J connectivity index is 2.32. The number of nitrogens with zero attached hydrogens (tertiary/aromatic N) is 1. The van der Waals surface area contributed by atoms with Crippen molar-refractivity contribution in [2.75, 3.05) is 0 Å². The lowest BCUT2D eigenvalue weighted by Crippen LogP contribution is -2.37. The zero-order chi connectivity index (χ0) is 17.7. The number of rotatable bonds is 7. The first-order valence-electron chi connectivity index (χ1n) is 8.18. The summed E-state index contributed by atoms with van der Waals surface area (Å²) in [6.45, 7) is 6.25. The van der Waals surface area contributed by atoms with Gasteiger partial charge in [-0.2, -0.15) is 0 Å². The highest BCUT2D eigenvalue weighted by atomic mass is 16.4. The minimum atomic E-state index is -1.08. The predicted molar refractivity (Wildman–Crippen MR) is 91.1 cm³/mol. The first-order chi connectivity index (χ1) is 11.5. The van der Waals surface area contributed by atoms with Gasteiger partial charge >= 0.3 is 5.97 Å². The number of benzene rings is 1. The molecule has 0 saturated carbocycles. The van der Waals surface area contributed by atoms with Crippen LogP contribution in [0.4, 0.5) is 0 Å². The van der Waals surface area contributed by atoms with Crippen LogP contribution in [0, 0.1) is 0 Å². The molecule has 0 radical (unpaired) electrons. The molecule has 0 fully saturated rings. The van der Waals surface area contributed by atoms with Gasteiger partial charge < -0.3 is 14.4 Å². The summed E-state index contributed by atoms with van der Waals surface area (Å²) in [5, 5.41) is 9.24. The summed E-state index contributed by atoms with van der Waals surface area (Å²) in [6, 6.07) is 11.1. The predicted octanol–water partition coefficient (Wildman–Crippen LogP) is 3.98. The smallest absolute Gasteiger partial charge is 0.339 e. The molecule has 0 saturated heterocycles. The molecule has 1 aromatic carbocycles. The molecule has 1 atom stereocenters. The minimum absolute atomic E-state index is 0.0150. The molecule has 2 aromatic rings. The number of carbonyl (C=O) groups is 2. The van der Waals surface area contributed by atoms with E-state index in [1.165, 1.54) is 6.07 Å². The van der Waals surface area contributed by atoms with Crippen LogP contribution in [0.25, 0.3) is 0 Å². The van der Waals surface area contributed by atoms with Crippen molar-refractivity contribution in [1.29, 1.82) is 0 Å². The summed E-state index contributed by atoms with van der Waals surface area (Å²) >= 11 is 0. The summed E-state index contributed by atoms with van der Waals surface area (Å²) in [5.74, 6) is -0.946. The van der Waals surface area contributed by atoms with Crippen LogP contribution in [-0.4, -0.2) is 27.9 Å². The van der Waals surface area contributed by atoms with E-state index in [-0.39, 0.29) is 23.3 Å². The van der Waals surface area contributed by atoms with E-state index < -0.39 is 5.97 Å². The molecule has 5 nitrogen and oxygen atoms in total. The van der Waals surface area contributed by atoms with Crippen LogP contribution in [0.2, 0.25) is 0 Å². The maximum atomic E-state index is 12.9. The Morgan fingerprint density at radius 2 is 1.88 bits per heavy atom. The van der Waals surface area contributed by atoms with Crippen LogP contribution in [0.3, 0.4) is 0 Å². The summed E-state index contributed by atoms with van der Waals surface area (Å²) in [4.78, 5) is 25.9. The zero-order valence-corrected chi connectivity index (χ0v) is 14.3. The molecule has 5 heteroatoms. The molecule has 1 heterocycles. The standard InChI is InChI=1S/C19H23NO4/c1-4-13(3)20(12-14-9-7-6-8-10-14)18(21)17-11-15(19(22)23)16(5-2)24-17/h6-11,13H,4-5,12H2,1-3H3,(H,22,23). The van der Waals surface area contributed by atoms with Crippen molar-refractivity contribution in [3.05, 3.63) is 59.0 Å². The average Bonchev–Trinajstić information content (AvgIpc) is 3.04. The highest BCUT2D eigenvalue weighted by molar-refractivity contribution is 5.96. The van der Waals surface area contributed by atoms with Crippen LogP contribution in [0.5, 0.6) is 0 Å². The summed E-state index contributed by atoms with van der Waals surface area (Å²) in [7, 11) is 0. The third-order valence-corrected chi connectivity index (χ3v) is 4.15. The second kappa shape index (κ2) is 7.81. The van der Waals surface area contributed by atoms with Crippen LogP contribution < -0.4 is 0 Å². The topological polar surface area (TPSA) is 70.8 Å². The largest absolute Gasteiger partial charge is 0.478 e. The van der Waals surface area contributed by atoms with Crippen LogP contribution in [0.15, 0.2) is 40.8 Å². The molecule has 0 aliphatic rings. The summed E-state index contributed by atoms with van der Waals surface area (Å²) < 4.78 is 5.53. The minimum Gasteiger partial charge on any atom is -0.478 e. The third-order valence-electron chi connectivity index (χ3n) is 4.15. The zero-order valence-electron chi connectivity index (χ0n) is 14.3. The number of carboxylic acids is 1. The Bertz CT molecular complexity index is 705. The van der Waals surface area contributed by atoms with Gasteiger partial charge in [0, 0.05) is 25.1 Å². The number of furan rings is 1. The molecule has 0 aliphatic heterocycles. The number of carboxylic acid groups (broad SMARTS) is 1. The van der Waals surface area contributed by atoms with Crippen LogP contribution in [0.1, 0.15) is 59.4 Å². The Hall–Kier alpha value is -2.56. The van der Waals surface area contributed by atoms with Crippen LogP contribution in [-0.2, 0) is 13.0 Å². The van der Waals surface area contributed by atoms with Gasteiger partial charge in [0.2, 0.25) is 0 Å². The normalized spacial score (nSPS) is 12.0. The van der Waals surface area contributed by atoms with Crippen molar-refractivity contribution in [3.8, 4) is 0 Å². The van der Waals surface area contributed by atoms with Gasteiger partial charge in [0.05, 0.1) is 0 Å². The van der Waals surface area contributed by atoms with Crippen LogP contribution >= 0.6 is 0 Å². The van der Waals surface area contributed by atoms with E-state index in [2.05, 4.69) is 0 Å². The van der Waals surface area contributed by atoms with E-state index in [0.29, 0.717) is 18.7 Å². The van der Waals surface area contributed by atoms with Gasteiger partial charge in [-0.3, -0.25) is 4.79 Å². The molecule has 0 aliphatic carbocycles. The summed E-state index contributed by atoms with van der Waals surface area (Å²) in [6.07, 6.45) is 1.22. The lowest BCUT2D eigenvalue weighted by molar-refractivity contribution is 0.0635. The molecular formula is C19H23NO4. The lowest BCUT2D eigenvalue weighted by atomic mass is 10.1. The maximum Gasteiger partial charge on any atom is 0.339 e. The van der Waals surface area contributed by atoms with Crippen molar-refractivity contribution in [2.24, 2.45) is 0 Å². The first kappa shape index (κ1) is 17.8. The Kier molecular flexibility index (Phi) is 5.79. The number of carbonyl (C=O) groups excluding carboxylic acids is 1. The first-order valence-corrected chi connectivity index (χ1v) is 8.18. The number of hydrogen-bond acceptors (Lipinski definition) is 3. The van der Waals surface area contributed by atoms with Crippen molar-refractivity contribution >= 4 is 11.9 Å². The van der Waals surface area contributed by atoms with Crippen molar-refractivity contribution < 1.29 is 19.1 Å². The number of amides is 1. The molecule has 128 valence electrons. The van der Waals surface area contributed by atoms with E-state index in [1.807, 2.05) is 44.2 Å². The summed E-state index contributed by atoms with van der Waals surface area (Å²) in [5.41, 5.74) is 1.08. The van der Waals surface area contributed by atoms with Gasteiger partial charge in [0.15, 0.2) is 5.76 Å². The maximum absolute atomic E-state index is 12.9. The Morgan fingerprint density at radius 3 is 2.38 bits per heavy atom. The highest BCUT2D eigenvalue weighted by Crippen LogP contribution is 2.21. The van der Waals surface area contributed by atoms with Crippen molar-refractivity contribution in [2.45, 2.75) is 46.2 Å². The fourth-order valence-electron chi connectivity index (χ4n) is 2.55. The van der Waals surface area contributed by atoms with E-state index in [1.54, 1.807) is 11.8 Å². The van der Waals surface area contributed by atoms with Gasteiger partial charge in [0.1, 0.15) is 11.3 Å². The van der Waals surface area contributed by atoms with Gasteiger partial charge in [-0.25, -0.2) is 4.79 Å². The van der Waals surface area contributed by atoms with E-state index in [4.69, 9.17) is 4.42 Å². The van der Waals surface area contributed by atoms with Gasteiger partial charge in [-0.15, -0.1) is 0 Å². The van der Waals surface area contributed by atoms with E-state index in [0.717, 1.165) is 12.0 Å². The van der Waals surface area contributed by atoms with Crippen molar-refractivity contribution in [3.63, 3.8) is 0 Å². The SMILES string of the molecule is CCc1oc(C(=O)N(Cc2ccccc2)C(C)CC)cc1C(=O)O. The number of aryl methyl sites for hydroxylation is 1. The fourth-order valence-corrected chi connectivity index (χ4v) is 2.55. The molecule has 0 spiro atoms. The third kappa shape index (κ3) is 3.85. The lowest BCUT2D eigenvalue weighted by Gasteiger charge is -2.28. The van der Waals surface area contributed by atoms with Crippen molar-refractivity contribution in [1.82, 2.24) is 4.90 Å². The molecular weight excluding hydrogens is 306 g/mol. The number of aromatic carboxylic acids is 1. The fraction of sp³-hybridized carbons (Fsp3) is 0.368. The van der Waals surface area contributed by atoms with Gasteiger partial charge in [0.25, 0.3) is 5.91 Å². The molecule has 0 bridgehead atoms. The number of hydrogen-bond donors (Lipinski definition) is 1. The van der Waals surface area contributed by atoms with Gasteiger partial charge in [-0.1, -0.05) is 44.2 Å². The quantitative estimate of drug-likeness (QED) is 0.834. The Morgan fingerprint density at radius 1 is 1.21 bits per heavy atom. The molecule has 1 N–H and O–H groups in total.